The molecule has 6 nitrogen and oxygen atoms in total. The van der Waals surface area contributed by atoms with Crippen LogP contribution in [0.5, 0.6) is 0 Å². The third-order valence-corrected chi connectivity index (χ3v) is 3.48. The average Bonchev–Trinajstić information content (AvgIpc) is 2.81. The highest BCUT2D eigenvalue weighted by Gasteiger charge is 2.23. The fourth-order valence-corrected chi connectivity index (χ4v) is 2.16. The van der Waals surface area contributed by atoms with Crippen molar-refractivity contribution in [3.05, 3.63) is 37.4 Å². The second-order valence-corrected chi connectivity index (χ2v) is 4.97. The lowest BCUT2D eigenvalue weighted by molar-refractivity contribution is -0.384. The van der Waals surface area contributed by atoms with Gasteiger partial charge in [0.15, 0.2) is 0 Å². The van der Waals surface area contributed by atoms with E-state index in [1.54, 1.807) is 0 Å². The van der Waals surface area contributed by atoms with Gasteiger partial charge >= 0.3 is 5.97 Å². The Balaban J connectivity index is 2.17. The molecule has 1 heterocycles. The molecule has 96 valence electrons. The van der Waals surface area contributed by atoms with Crippen LogP contribution < -0.4 is 0 Å². The summed E-state index contributed by atoms with van der Waals surface area (Å²) in [5.74, 6) is -0.543. The lowest BCUT2D eigenvalue weighted by Crippen LogP contribution is -2.18. The van der Waals surface area contributed by atoms with Gasteiger partial charge in [-0.25, -0.2) is 4.79 Å². The van der Waals surface area contributed by atoms with Crippen LogP contribution >= 0.6 is 22.6 Å². The number of esters is 1. The van der Waals surface area contributed by atoms with Gasteiger partial charge in [-0.1, -0.05) is 0 Å². The third kappa shape index (κ3) is 2.96. The molecule has 0 aliphatic carbocycles. The van der Waals surface area contributed by atoms with Crippen molar-refractivity contribution >= 4 is 34.2 Å². The lowest BCUT2D eigenvalue weighted by Gasteiger charge is -2.10. The first-order valence-corrected chi connectivity index (χ1v) is 6.38. The number of nitro groups is 1. The van der Waals surface area contributed by atoms with E-state index in [0.29, 0.717) is 23.2 Å². The SMILES string of the molecule is O=C(OC1CCOC1)c1cc([N+](=O)[O-])ccc1I. The molecule has 0 spiro atoms. The van der Waals surface area contributed by atoms with Crippen molar-refractivity contribution in [2.75, 3.05) is 13.2 Å². The number of nitrogens with zero attached hydrogens (tertiary/aromatic N) is 1. The molecule has 0 N–H and O–H groups in total. The van der Waals surface area contributed by atoms with E-state index in [4.69, 9.17) is 9.47 Å². The van der Waals surface area contributed by atoms with Gasteiger partial charge in [0.25, 0.3) is 5.69 Å². The summed E-state index contributed by atoms with van der Waals surface area (Å²) in [6.07, 6.45) is 0.407. The number of nitro benzene ring substituents is 1. The summed E-state index contributed by atoms with van der Waals surface area (Å²) in [6.45, 7) is 0.960. The number of carbonyl (C=O) groups excluding carboxylic acids is 1. The van der Waals surface area contributed by atoms with Gasteiger partial charge < -0.3 is 9.47 Å². The standard InChI is InChI=1S/C11H10INO5/c12-10-2-1-7(13(15)16)5-9(10)11(14)18-8-3-4-17-6-8/h1-2,5,8H,3-4,6H2. The maximum absolute atomic E-state index is 11.9. The minimum Gasteiger partial charge on any atom is -0.456 e. The molecule has 0 aromatic heterocycles. The molecule has 0 saturated carbocycles. The molecule has 1 aromatic rings. The molecule has 7 heteroatoms. The van der Waals surface area contributed by atoms with Crippen molar-refractivity contribution in [3.8, 4) is 0 Å². The molecule has 1 fully saturated rings. The quantitative estimate of drug-likeness (QED) is 0.356. The summed E-state index contributed by atoms with van der Waals surface area (Å²) in [4.78, 5) is 22.0. The maximum Gasteiger partial charge on any atom is 0.339 e. The van der Waals surface area contributed by atoms with Crippen LogP contribution in [0.15, 0.2) is 18.2 Å². The van der Waals surface area contributed by atoms with E-state index in [1.165, 1.54) is 18.2 Å². The Morgan fingerprint density at radius 2 is 2.33 bits per heavy atom. The Labute approximate surface area is 117 Å². The van der Waals surface area contributed by atoms with Gasteiger partial charge in [0, 0.05) is 22.1 Å². The van der Waals surface area contributed by atoms with Crippen LogP contribution in [-0.4, -0.2) is 30.2 Å². The predicted molar refractivity (Wildman–Crippen MR) is 70.5 cm³/mol. The first-order valence-electron chi connectivity index (χ1n) is 5.30. The number of halogens is 1. The fraction of sp³-hybridized carbons (Fsp3) is 0.364. The zero-order valence-corrected chi connectivity index (χ0v) is 11.5. The molecule has 1 unspecified atom stereocenters. The Morgan fingerprint density at radius 3 is 2.94 bits per heavy atom. The second kappa shape index (κ2) is 5.61. The molecule has 18 heavy (non-hydrogen) atoms. The van der Waals surface area contributed by atoms with Crippen LogP contribution in [0.3, 0.4) is 0 Å². The highest BCUT2D eigenvalue weighted by Crippen LogP contribution is 2.21. The Hall–Kier alpha value is -1.22. The minimum atomic E-state index is -0.543. The summed E-state index contributed by atoms with van der Waals surface area (Å²) in [5, 5.41) is 10.7. The van der Waals surface area contributed by atoms with E-state index < -0.39 is 10.9 Å². The molecule has 0 bridgehead atoms. The number of non-ortho nitro benzene ring substituents is 1. The van der Waals surface area contributed by atoms with Crippen LogP contribution in [0.1, 0.15) is 16.8 Å². The number of carbonyl (C=O) groups is 1. The molecule has 1 aromatic carbocycles. The van der Waals surface area contributed by atoms with Crippen LogP contribution in [0.4, 0.5) is 5.69 Å². The summed E-state index contributed by atoms with van der Waals surface area (Å²) in [6, 6.07) is 4.12. The smallest absolute Gasteiger partial charge is 0.339 e. The molecule has 0 amide bonds. The van der Waals surface area contributed by atoms with Gasteiger partial charge in [-0.3, -0.25) is 10.1 Å². The second-order valence-electron chi connectivity index (χ2n) is 3.81. The van der Waals surface area contributed by atoms with Crippen molar-refractivity contribution in [1.29, 1.82) is 0 Å². The van der Waals surface area contributed by atoms with Gasteiger partial charge in [-0.15, -0.1) is 0 Å². The Morgan fingerprint density at radius 1 is 1.56 bits per heavy atom. The van der Waals surface area contributed by atoms with Crippen LogP contribution in [-0.2, 0) is 9.47 Å². The first kappa shape index (κ1) is 13.2. The number of ether oxygens (including phenoxy) is 2. The molecule has 1 saturated heterocycles. The molecule has 2 rings (SSSR count). The summed E-state index contributed by atoms with van der Waals surface area (Å²) in [7, 11) is 0. The third-order valence-electron chi connectivity index (χ3n) is 2.54. The largest absolute Gasteiger partial charge is 0.456 e. The maximum atomic E-state index is 11.9. The molecular formula is C11H10INO5. The van der Waals surface area contributed by atoms with E-state index in [2.05, 4.69) is 0 Å². The van der Waals surface area contributed by atoms with Gasteiger partial charge in [0.05, 0.1) is 23.7 Å². The van der Waals surface area contributed by atoms with E-state index in [-0.39, 0.29) is 17.4 Å². The van der Waals surface area contributed by atoms with Gasteiger partial charge in [-0.2, -0.15) is 0 Å². The molecule has 0 radical (unpaired) electrons. The zero-order chi connectivity index (χ0) is 13.1. The van der Waals surface area contributed by atoms with Gasteiger partial charge in [0.2, 0.25) is 0 Å². The number of hydrogen-bond acceptors (Lipinski definition) is 5. The molecule has 1 atom stereocenters. The predicted octanol–water partition coefficient (Wildman–Crippen LogP) is 2.15. The normalized spacial score (nSPS) is 18.6. The monoisotopic (exact) mass is 363 g/mol. The average molecular weight is 363 g/mol. The number of hydrogen-bond donors (Lipinski definition) is 0. The van der Waals surface area contributed by atoms with E-state index in [0.717, 1.165) is 0 Å². The van der Waals surface area contributed by atoms with Crippen molar-refractivity contribution < 1.29 is 19.2 Å². The molecular weight excluding hydrogens is 353 g/mol. The zero-order valence-electron chi connectivity index (χ0n) is 9.30. The summed E-state index contributed by atoms with van der Waals surface area (Å²) >= 11 is 1.95. The van der Waals surface area contributed by atoms with Gasteiger partial charge in [0.1, 0.15) is 6.10 Å². The van der Waals surface area contributed by atoms with Crippen LogP contribution in [0, 0.1) is 13.7 Å². The van der Waals surface area contributed by atoms with Crippen molar-refractivity contribution in [2.24, 2.45) is 0 Å². The van der Waals surface area contributed by atoms with Crippen molar-refractivity contribution in [3.63, 3.8) is 0 Å². The number of benzene rings is 1. The first-order chi connectivity index (χ1) is 8.58. The summed E-state index contributed by atoms with van der Waals surface area (Å²) in [5.41, 5.74) is 0.0988. The molecule has 1 aliphatic heterocycles. The Kier molecular flexibility index (Phi) is 4.12. The van der Waals surface area contributed by atoms with Crippen LogP contribution in [0.25, 0.3) is 0 Å². The highest BCUT2D eigenvalue weighted by atomic mass is 127. The fourth-order valence-electron chi connectivity index (χ4n) is 1.60. The topological polar surface area (TPSA) is 78.7 Å². The van der Waals surface area contributed by atoms with E-state index in [1.807, 2.05) is 22.6 Å². The van der Waals surface area contributed by atoms with Crippen molar-refractivity contribution in [1.82, 2.24) is 0 Å². The van der Waals surface area contributed by atoms with Gasteiger partial charge in [-0.05, 0) is 28.7 Å². The van der Waals surface area contributed by atoms with Crippen LogP contribution in [0.2, 0.25) is 0 Å². The van der Waals surface area contributed by atoms with E-state index in [9.17, 15) is 14.9 Å². The number of rotatable bonds is 3. The molecule has 1 aliphatic rings. The minimum absolute atomic E-state index is 0.120. The Bertz CT molecular complexity index is 484. The summed E-state index contributed by atoms with van der Waals surface area (Å²) < 4.78 is 10.9. The lowest BCUT2D eigenvalue weighted by atomic mass is 10.2. The van der Waals surface area contributed by atoms with Crippen molar-refractivity contribution in [2.45, 2.75) is 12.5 Å². The van der Waals surface area contributed by atoms with E-state index >= 15 is 0 Å². The highest BCUT2D eigenvalue weighted by molar-refractivity contribution is 14.1.